The minimum absolute atomic E-state index is 0.0348. The average Bonchev–Trinajstić information content (AvgIpc) is 2.91. The van der Waals surface area contributed by atoms with E-state index >= 15 is 0 Å². The molecule has 1 saturated carbocycles. The maximum Gasteiger partial charge on any atom is 0.261 e. The monoisotopic (exact) mass is 302 g/mol. The van der Waals surface area contributed by atoms with Crippen molar-refractivity contribution in [3.05, 3.63) is 40.7 Å². The van der Waals surface area contributed by atoms with Crippen LogP contribution in [0, 0.1) is 5.82 Å². The first-order chi connectivity index (χ1) is 10.7. The Hall–Kier alpha value is -1.75. The Balaban J connectivity index is 1.69. The molecule has 2 fully saturated rings. The number of hydrogen-bond donors (Lipinski definition) is 0. The molecule has 2 heterocycles. The van der Waals surface area contributed by atoms with E-state index < -0.39 is 0 Å². The lowest BCUT2D eigenvalue weighted by Gasteiger charge is -2.32. The highest BCUT2D eigenvalue weighted by Gasteiger charge is 2.42. The van der Waals surface area contributed by atoms with E-state index in [0.29, 0.717) is 17.5 Å². The van der Waals surface area contributed by atoms with Gasteiger partial charge in [-0.15, -0.1) is 0 Å². The number of rotatable bonds is 1. The summed E-state index contributed by atoms with van der Waals surface area (Å²) >= 11 is 0. The predicted molar refractivity (Wildman–Crippen MR) is 81.4 cm³/mol. The van der Waals surface area contributed by atoms with E-state index in [2.05, 4.69) is 4.98 Å². The number of fused-ring (bicyclic) bond motifs is 1. The molecular formula is C17H19FN2O2. The molecule has 1 aliphatic heterocycles. The van der Waals surface area contributed by atoms with Crippen LogP contribution in [0.1, 0.15) is 44.6 Å². The topological polar surface area (TPSA) is 44.1 Å². The van der Waals surface area contributed by atoms with Gasteiger partial charge in [-0.05, 0) is 31.4 Å². The van der Waals surface area contributed by atoms with Crippen molar-refractivity contribution in [1.29, 1.82) is 0 Å². The lowest BCUT2D eigenvalue weighted by molar-refractivity contribution is -0.0248. The minimum Gasteiger partial charge on any atom is -0.373 e. The van der Waals surface area contributed by atoms with E-state index in [-0.39, 0.29) is 23.0 Å². The smallest absolute Gasteiger partial charge is 0.261 e. The molecule has 0 amide bonds. The predicted octanol–water partition coefficient (Wildman–Crippen LogP) is 3.20. The normalized spacial score (nSPS) is 24.1. The molecule has 4 rings (SSSR count). The van der Waals surface area contributed by atoms with Gasteiger partial charge in [-0.3, -0.25) is 9.36 Å². The summed E-state index contributed by atoms with van der Waals surface area (Å²) in [5.74, 6) is -0.373. The van der Waals surface area contributed by atoms with Crippen molar-refractivity contribution in [2.45, 2.75) is 50.2 Å². The molecule has 1 saturated heterocycles. The molecule has 1 aromatic carbocycles. The second kappa shape index (κ2) is 5.16. The summed E-state index contributed by atoms with van der Waals surface area (Å²) in [6.45, 7) is 0.564. The second-order valence-corrected chi connectivity index (χ2v) is 6.53. The molecule has 1 atom stereocenters. The van der Waals surface area contributed by atoms with Gasteiger partial charge in [0.05, 0.1) is 35.5 Å². The molecule has 0 radical (unpaired) electrons. The van der Waals surface area contributed by atoms with Crippen LogP contribution < -0.4 is 5.56 Å². The Labute approximate surface area is 127 Å². The fourth-order valence-electron chi connectivity index (χ4n) is 3.91. The summed E-state index contributed by atoms with van der Waals surface area (Å²) in [5, 5.41) is 0.466. The van der Waals surface area contributed by atoms with E-state index in [1.807, 2.05) is 0 Å². The Bertz CT molecular complexity index is 765. The maximum absolute atomic E-state index is 13.2. The van der Waals surface area contributed by atoms with Crippen LogP contribution in [0.25, 0.3) is 10.9 Å². The number of aromatic nitrogens is 2. The first kappa shape index (κ1) is 13.9. The van der Waals surface area contributed by atoms with Crippen LogP contribution in [0.2, 0.25) is 0 Å². The van der Waals surface area contributed by atoms with Crippen molar-refractivity contribution in [2.24, 2.45) is 0 Å². The van der Waals surface area contributed by atoms with Gasteiger partial charge in [0.2, 0.25) is 0 Å². The molecule has 1 aliphatic carbocycles. The van der Waals surface area contributed by atoms with Crippen molar-refractivity contribution < 1.29 is 9.13 Å². The van der Waals surface area contributed by atoms with Crippen LogP contribution in [0.5, 0.6) is 0 Å². The molecule has 0 unspecified atom stereocenters. The summed E-state index contributed by atoms with van der Waals surface area (Å²) in [7, 11) is 0. The first-order valence-electron chi connectivity index (χ1n) is 7.97. The van der Waals surface area contributed by atoms with E-state index in [9.17, 15) is 9.18 Å². The number of nitrogens with zero attached hydrogens (tertiary/aromatic N) is 2. The van der Waals surface area contributed by atoms with E-state index in [1.165, 1.54) is 37.5 Å². The lowest BCUT2D eigenvalue weighted by Crippen LogP contribution is -2.31. The minimum atomic E-state index is -0.373. The van der Waals surface area contributed by atoms with Gasteiger partial charge >= 0.3 is 0 Å². The van der Waals surface area contributed by atoms with Crippen molar-refractivity contribution in [1.82, 2.24) is 9.55 Å². The third kappa shape index (κ3) is 2.24. The molecular weight excluding hydrogens is 283 g/mol. The van der Waals surface area contributed by atoms with Gasteiger partial charge in [-0.1, -0.05) is 19.3 Å². The fourth-order valence-corrected chi connectivity index (χ4v) is 3.91. The highest BCUT2D eigenvalue weighted by atomic mass is 19.1. The summed E-state index contributed by atoms with van der Waals surface area (Å²) in [6.07, 6.45) is 8.28. The third-order valence-electron chi connectivity index (χ3n) is 5.09. The van der Waals surface area contributed by atoms with Gasteiger partial charge < -0.3 is 4.74 Å². The average molecular weight is 302 g/mol. The Morgan fingerprint density at radius 1 is 1.27 bits per heavy atom. The van der Waals surface area contributed by atoms with Gasteiger partial charge in [0, 0.05) is 6.07 Å². The number of benzene rings is 1. The van der Waals surface area contributed by atoms with Crippen LogP contribution in [-0.2, 0) is 4.74 Å². The number of hydrogen-bond acceptors (Lipinski definition) is 3. The van der Waals surface area contributed by atoms with Crippen LogP contribution >= 0.6 is 0 Å². The molecule has 2 aliphatic rings. The molecule has 0 bridgehead atoms. The SMILES string of the molecule is O=c1c2ccc(F)cc2ncn1[C@@H]1COC2(CCCCC2)C1. The van der Waals surface area contributed by atoms with Crippen molar-refractivity contribution in [3.63, 3.8) is 0 Å². The Morgan fingerprint density at radius 2 is 2.09 bits per heavy atom. The zero-order valence-corrected chi connectivity index (χ0v) is 12.4. The van der Waals surface area contributed by atoms with Crippen molar-refractivity contribution >= 4 is 10.9 Å². The summed E-state index contributed by atoms with van der Waals surface area (Å²) < 4.78 is 21.0. The largest absolute Gasteiger partial charge is 0.373 e. The summed E-state index contributed by atoms with van der Waals surface area (Å²) in [5.41, 5.74) is 0.263. The Morgan fingerprint density at radius 3 is 2.91 bits per heavy atom. The zero-order chi connectivity index (χ0) is 15.2. The highest BCUT2D eigenvalue weighted by molar-refractivity contribution is 5.77. The molecule has 2 aromatic rings. The van der Waals surface area contributed by atoms with Crippen LogP contribution in [0.4, 0.5) is 4.39 Å². The van der Waals surface area contributed by atoms with Gasteiger partial charge in [0.1, 0.15) is 5.82 Å². The molecule has 1 aromatic heterocycles. The molecule has 4 nitrogen and oxygen atoms in total. The maximum atomic E-state index is 13.2. The van der Waals surface area contributed by atoms with Crippen LogP contribution in [-0.4, -0.2) is 21.8 Å². The summed E-state index contributed by atoms with van der Waals surface area (Å²) in [4.78, 5) is 16.9. The standard InChI is InChI=1S/C17H19FN2O2/c18-12-4-5-14-15(8-12)19-11-20(16(14)21)13-9-17(22-10-13)6-2-1-3-7-17/h4-5,8,11,13H,1-3,6-7,9-10H2/t13-/m0/s1. The fraction of sp³-hybridized carbons (Fsp3) is 0.529. The molecule has 1 spiro atoms. The van der Waals surface area contributed by atoms with Gasteiger partial charge in [-0.2, -0.15) is 0 Å². The van der Waals surface area contributed by atoms with Gasteiger partial charge in [0.15, 0.2) is 0 Å². The Kier molecular flexibility index (Phi) is 3.26. The lowest BCUT2D eigenvalue weighted by atomic mass is 9.82. The van der Waals surface area contributed by atoms with Crippen molar-refractivity contribution in [2.75, 3.05) is 6.61 Å². The van der Waals surface area contributed by atoms with Crippen LogP contribution in [0.3, 0.4) is 0 Å². The molecule has 116 valence electrons. The molecule has 5 heteroatoms. The number of halogens is 1. The third-order valence-corrected chi connectivity index (χ3v) is 5.09. The number of ether oxygens (including phenoxy) is 1. The van der Waals surface area contributed by atoms with E-state index in [1.54, 1.807) is 10.9 Å². The molecule has 0 N–H and O–H groups in total. The van der Waals surface area contributed by atoms with Crippen LogP contribution in [0.15, 0.2) is 29.3 Å². The van der Waals surface area contributed by atoms with E-state index in [0.717, 1.165) is 19.3 Å². The van der Waals surface area contributed by atoms with Crippen molar-refractivity contribution in [3.8, 4) is 0 Å². The first-order valence-corrected chi connectivity index (χ1v) is 7.97. The van der Waals surface area contributed by atoms with Gasteiger partial charge in [0.25, 0.3) is 5.56 Å². The second-order valence-electron chi connectivity index (χ2n) is 6.53. The quantitative estimate of drug-likeness (QED) is 0.812. The van der Waals surface area contributed by atoms with E-state index in [4.69, 9.17) is 4.74 Å². The molecule has 22 heavy (non-hydrogen) atoms. The zero-order valence-electron chi connectivity index (χ0n) is 12.4. The highest BCUT2D eigenvalue weighted by Crippen LogP contribution is 2.42. The van der Waals surface area contributed by atoms with Gasteiger partial charge in [-0.25, -0.2) is 9.37 Å². The summed E-state index contributed by atoms with van der Waals surface area (Å²) in [6, 6.07) is 4.16.